The zero-order valence-corrected chi connectivity index (χ0v) is 25.8. The summed E-state index contributed by atoms with van der Waals surface area (Å²) in [5.74, 6) is 0. The van der Waals surface area contributed by atoms with Crippen molar-refractivity contribution in [2.75, 3.05) is 0 Å². The number of hydrogen-bond acceptors (Lipinski definition) is 0. The molecule has 0 spiro atoms. The van der Waals surface area contributed by atoms with Gasteiger partial charge in [-0.25, -0.2) is 4.57 Å². The summed E-state index contributed by atoms with van der Waals surface area (Å²) in [5.41, 5.74) is 13.6. The van der Waals surface area contributed by atoms with E-state index in [1.807, 2.05) is 0 Å². The van der Waals surface area contributed by atoms with Crippen molar-refractivity contribution in [1.82, 2.24) is 0 Å². The molecule has 2 heteroatoms. The van der Waals surface area contributed by atoms with E-state index in [0.717, 1.165) is 6.54 Å². The molecule has 2 heterocycles. The van der Waals surface area contributed by atoms with Gasteiger partial charge in [0.15, 0.2) is 18.9 Å². The first kappa shape index (κ1) is 27.7. The predicted octanol–water partition coefficient (Wildman–Crippen LogP) is 9.82. The summed E-state index contributed by atoms with van der Waals surface area (Å²) in [6, 6.07) is 59.2. The average Bonchev–Trinajstić information content (AvgIpc) is 3.13. The van der Waals surface area contributed by atoms with Gasteiger partial charge in [-0.3, -0.25) is 0 Å². The molecule has 0 amide bonds. The van der Waals surface area contributed by atoms with Crippen LogP contribution in [0.4, 0.5) is 0 Å². The van der Waals surface area contributed by atoms with Gasteiger partial charge in [0.05, 0.1) is 5.39 Å². The predicted molar refractivity (Wildman–Crippen MR) is 190 cm³/mol. The fraction of sp³-hybridized carbons (Fsp3) is 0.0455. The lowest BCUT2D eigenvalue weighted by Gasteiger charge is -2.09. The number of rotatable bonds is 6. The van der Waals surface area contributed by atoms with Crippen molar-refractivity contribution in [2.24, 2.45) is 7.05 Å². The van der Waals surface area contributed by atoms with Crippen molar-refractivity contribution in [3.63, 3.8) is 0 Å². The molecule has 0 atom stereocenters. The van der Waals surface area contributed by atoms with Gasteiger partial charge >= 0.3 is 0 Å². The molecule has 0 fully saturated rings. The molecular weight excluding hydrogens is 556 g/mol. The lowest BCUT2D eigenvalue weighted by atomic mass is 9.98. The topological polar surface area (TPSA) is 7.76 Å². The van der Waals surface area contributed by atoms with Crippen LogP contribution in [0.3, 0.4) is 0 Å². The Kier molecular flexibility index (Phi) is 7.16. The number of nitrogens with zero attached hydrogens (tertiary/aromatic N) is 2. The third kappa shape index (κ3) is 5.35. The third-order valence-corrected chi connectivity index (χ3v) is 9.09. The van der Waals surface area contributed by atoms with Gasteiger partial charge in [-0.15, -0.1) is 0 Å². The molecule has 0 N–H and O–H groups in total. The van der Waals surface area contributed by atoms with E-state index >= 15 is 0 Å². The fourth-order valence-corrected chi connectivity index (χ4v) is 6.54. The van der Waals surface area contributed by atoms with Crippen molar-refractivity contribution in [2.45, 2.75) is 6.54 Å². The van der Waals surface area contributed by atoms with Crippen molar-refractivity contribution in [3.8, 4) is 44.5 Å². The Morgan fingerprint density at radius 3 is 1.50 bits per heavy atom. The van der Waals surface area contributed by atoms with Gasteiger partial charge in [0.1, 0.15) is 7.05 Å². The number of pyridine rings is 2. The van der Waals surface area contributed by atoms with Gasteiger partial charge in [-0.05, 0) is 68.8 Å². The Morgan fingerprint density at radius 1 is 0.391 bits per heavy atom. The van der Waals surface area contributed by atoms with Gasteiger partial charge in [0, 0.05) is 35.2 Å². The van der Waals surface area contributed by atoms with E-state index in [-0.39, 0.29) is 0 Å². The number of aryl methyl sites for hydroxylation is 1. The summed E-state index contributed by atoms with van der Waals surface area (Å²) >= 11 is 0. The molecule has 0 aliphatic rings. The molecule has 0 bridgehead atoms. The Morgan fingerprint density at radius 2 is 0.891 bits per heavy atom. The molecule has 0 aliphatic carbocycles. The summed E-state index contributed by atoms with van der Waals surface area (Å²) in [5, 5.41) is 2.51. The number of hydrogen-bond donors (Lipinski definition) is 0. The highest BCUT2D eigenvalue weighted by Gasteiger charge is 2.17. The normalized spacial score (nSPS) is 11.2. The first-order chi connectivity index (χ1) is 22.7. The van der Waals surface area contributed by atoms with Gasteiger partial charge in [0.2, 0.25) is 11.0 Å². The maximum Gasteiger partial charge on any atom is 0.213 e. The molecule has 0 saturated heterocycles. The maximum atomic E-state index is 2.36. The summed E-state index contributed by atoms with van der Waals surface area (Å²) in [7, 11) is 2.13. The van der Waals surface area contributed by atoms with Crippen LogP contribution in [-0.4, -0.2) is 0 Å². The van der Waals surface area contributed by atoms with Crippen molar-refractivity contribution < 1.29 is 9.13 Å². The Balaban J connectivity index is 1.08. The summed E-state index contributed by atoms with van der Waals surface area (Å²) in [6.45, 7) is 0.797. The molecular formula is C44H34N2+2. The molecule has 0 saturated carbocycles. The molecule has 2 aromatic heterocycles. The Bertz CT molecular complexity index is 2310. The molecule has 8 rings (SSSR count). The van der Waals surface area contributed by atoms with Crippen molar-refractivity contribution >= 4 is 21.8 Å². The van der Waals surface area contributed by atoms with E-state index in [1.165, 1.54) is 71.9 Å². The van der Waals surface area contributed by atoms with Crippen molar-refractivity contribution in [1.29, 1.82) is 0 Å². The minimum atomic E-state index is 0.797. The number of benzene rings is 6. The van der Waals surface area contributed by atoms with Crippen LogP contribution >= 0.6 is 0 Å². The second kappa shape index (κ2) is 11.9. The fourth-order valence-electron chi connectivity index (χ4n) is 6.54. The van der Waals surface area contributed by atoms with Crippen LogP contribution in [0.1, 0.15) is 5.56 Å². The zero-order valence-electron chi connectivity index (χ0n) is 25.8. The second-order valence-corrected chi connectivity index (χ2v) is 12.0. The minimum Gasteiger partial charge on any atom is -0.201 e. The van der Waals surface area contributed by atoms with Crippen LogP contribution in [0, 0.1) is 0 Å². The first-order valence-electron chi connectivity index (χ1n) is 15.8. The zero-order chi connectivity index (χ0) is 30.9. The SMILES string of the molecule is C[n+]1ccc(C[n+]2cccc3cc(-c4ccc(-c5ccccc5)cc4)ccc32)c2ccc(-c3ccc(-c4ccccc4)cc3)cc21. The van der Waals surface area contributed by atoms with Crippen LogP contribution in [0.2, 0.25) is 0 Å². The van der Waals surface area contributed by atoms with Gasteiger partial charge in [-0.1, -0.05) is 115 Å². The molecule has 0 unspecified atom stereocenters. The minimum absolute atomic E-state index is 0.797. The standard InChI is InChI=1S/C44H34N2/c1-45-28-26-41(42-24-22-39(30-44(42)45)37-20-16-35(17-21-37)33-11-6-3-7-12-33)31-46-27-8-13-40-29-38(23-25-43(40)46)36-18-14-34(15-19-36)32-9-4-2-5-10-32/h2-30H,31H2,1H3/q+2. The quantitative estimate of drug-likeness (QED) is 0.170. The molecule has 8 aromatic rings. The first-order valence-corrected chi connectivity index (χ1v) is 15.8. The van der Waals surface area contributed by atoms with Gasteiger partial charge in [0.25, 0.3) is 0 Å². The smallest absolute Gasteiger partial charge is 0.201 e. The molecule has 0 radical (unpaired) electrons. The molecule has 0 aliphatic heterocycles. The monoisotopic (exact) mass is 590 g/mol. The summed E-state index contributed by atoms with van der Waals surface area (Å²) in [6.07, 6.45) is 4.38. The molecule has 218 valence electrons. The molecule has 46 heavy (non-hydrogen) atoms. The van der Waals surface area contributed by atoms with E-state index in [2.05, 4.69) is 192 Å². The maximum absolute atomic E-state index is 2.36. The third-order valence-electron chi connectivity index (χ3n) is 9.09. The Hall–Kier alpha value is -5.86. The van der Waals surface area contributed by atoms with Crippen LogP contribution in [0.5, 0.6) is 0 Å². The van der Waals surface area contributed by atoms with E-state index < -0.39 is 0 Å². The van der Waals surface area contributed by atoms with E-state index in [0.29, 0.717) is 0 Å². The molecule has 6 aromatic carbocycles. The lowest BCUT2D eigenvalue weighted by molar-refractivity contribution is -0.663. The van der Waals surface area contributed by atoms with Crippen LogP contribution in [0.15, 0.2) is 176 Å². The van der Waals surface area contributed by atoms with E-state index in [1.54, 1.807) is 0 Å². The highest BCUT2D eigenvalue weighted by atomic mass is 15.0. The van der Waals surface area contributed by atoms with Crippen LogP contribution in [0.25, 0.3) is 66.3 Å². The van der Waals surface area contributed by atoms with Crippen molar-refractivity contribution in [3.05, 3.63) is 182 Å². The number of aromatic nitrogens is 2. The highest BCUT2D eigenvalue weighted by molar-refractivity contribution is 5.86. The summed E-state index contributed by atoms with van der Waals surface area (Å²) < 4.78 is 4.59. The van der Waals surface area contributed by atoms with Gasteiger partial charge in [-0.2, -0.15) is 4.57 Å². The van der Waals surface area contributed by atoms with Crippen LogP contribution < -0.4 is 9.13 Å². The lowest BCUT2D eigenvalue weighted by Crippen LogP contribution is -2.36. The van der Waals surface area contributed by atoms with Crippen LogP contribution in [-0.2, 0) is 13.6 Å². The van der Waals surface area contributed by atoms with E-state index in [4.69, 9.17) is 0 Å². The Labute approximate surface area is 270 Å². The highest BCUT2D eigenvalue weighted by Crippen LogP contribution is 2.29. The molecule has 2 nitrogen and oxygen atoms in total. The number of fused-ring (bicyclic) bond motifs is 2. The van der Waals surface area contributed by atoms with Gasteiger partial charge < -0.3 is 0 Å². The summed E-state index contributed by atoms with van der Waals surface area (Å²) in [4.78, 5) is 0. The second-order valence-electron chi connectivity index (χ2n) is 12.0. The largest absolute Gasteiger partial charge is 0.213 e. The average molecular weight is 591 g/mol. The van der Waals surface area contributed by atoms with E-state index in [9.17, 15) is 0 Å².